The summed E-state index contributed by atoms with van der Waals surface area (Å²) < 4.78 is 5.48. The van der Waals surface area contributed by atoms with Crippen LogP contribution in [0.25, 0.3) is 0 Å². The fourth-order valence-corrected chi connectivity index (χ4v) is 1.53. The van der Waals surface area contributed by atoms with E-state index in [-0.39, 0.29) is 0 Å². The Kier molecular flexibility index (Phi) is 5.43. The van der Waals surface area contributed by atoms with Crippen molar-refractivity contribution in [1.82, 2.24) is 5.32 Å². The first-order chi connectivity index (χ1) is 7.26. The van der Waals surface area contributed by atoms with Crippen molar-refractivity contribution in [2.45, 2.75) is 26.7 Å². The van der Waals surface area contributed by atoms with Crippen LogP contribution in [-0.2, 0) is 6.42 Å². The average Bonchev–Trinajstić information content (AvgIpc) is 2.65. The molecule has 0 spiro atoms. The molecule has 1 rings (SSSR count). The van der Waals surface area contributed by atoms with Gasteiger partial charge in [-0.1, -0.05) is 13.3 Å². The van der Waals surface area contributed by atoms with Crippen LogP contribution in [0.2, 0.25) is 0 Å². The van der Waals surface area contributed by atoms with Crippen molar-refractivity contribution in [2.24, 2.45) is 11.7 Å². The van der Waals surface area contributed by atoms with Crippen molar-refractivity contribution in [3.8, 4) is 0 Å². The van der Waals surface area contributed by atoms with E-state index >= 15 is 0 Å². The summed E-state index contributed by atoms with van der Waals surface area (Å²) in [6, 6.07) is 4.04. The quantitative estimate of drug-likeness (QED) is 0.674. The van der Waals surface area contributed by atoms with Gasteiger partial charge in [-0.25, -0.2) is 0 Å². The van der Waals surface area contributed by atoms with Gasteiger partial charge >= 0.3 is 0 Å². The van der Waals surface area contributed by atoms with Crippen molar-refractivity contribution in [3.63, 3.8) is 0 Å². The summed E-state index contributed by atoms with van der Waals surface area (Å²) in [5, 5.41) is 3.41. The molecule has 0 aromatic carbocycles. The third-order valence-electron chi connectivity index (χ3n) is 2.69. The van der Waals surface area contributed by atoms with Crippen LogP contribution in [0.5, 0.6) is 0 Å². The van der Waals surface area contributed by atoms with Crippen LogP contribution in [0.1, 0.15) is 24.9 Å². The minimum absolute atomic E-state index is 0.600. The van der Waals surface area contributed by atoms with E-state index in [1.807, 2.05) is 19.1 Å². The summed E-state index contributed by atoms with van der Waals surface area (Å²) in [5.41, 5.74) is 5.62. The lowest BCUT2D eigenvalue weighted by molar-refractivity contribution is 0.448. The van der Waals surface area contributed by atoms with Crippen LogP contribution >= 0.6 is 0 Å². The van der Waals surface area contributed by atoms with Crippen molar-refractivity contribution < 1.29 is 4.42 Å². The molecule has 1 atom stereocenters. The molecule has 3 N–H and O–H groups in total. The lowest BCUT2D eigenvalue weighted by Crippen LogP contribution is -2.29. The summed E-state index contributed by atoms with van der Waals surface area (Å²) in [7, 11) is 0. The number of hydrogen-bond acceptors (Lipinski definition) is 3. The van der Waals surface area contributed by atoms with E-state index in [1.54, 1.807) is 0 Å². The SMILES string of the molecule is CCC(CN)CNCCc1ccc(C)o1. The van der Waals surface area contributed by atoms with E-state index in [4.69, 9.17) is 10.2 Å². The second kappa shape index (κ2) is 6.64. The summed E-state index contributed by atoms with van der Waals surface area (Å²) in [5.74, 6) is 2.64. The summed E-state index contributed by atoms with van der Waals surface area (Å²) >= 11 is 0. The summed E-state index contributed by atoms with van der Waals surface area (Å²) in [6.45, 7) is 6.88. The van der Waals surface area contributed by atoms with Crippen LogP contribution in [0.15, 0.2) is 16.5 Å². The first kappa shape index (κ1) is 12.3. The Labute approximate surface area is 92.0 Å². The summed E-state index contributed by atoms with van der Waals surface area (Å²) in [4.78, 5) is 0. The highest BCUT2D eigenvalue weighted by atomic mass is 16.3. The van der Waals surface area contributed by atoms with Crippen molar-refractivity contribution in [2.75, 3.05) is 19.6 Å². The molecule has 86 valence electrons. The van der Waals surface area contributed by atoms with E-state index in [1.165, 1.54) is 0 Å². The number of aryl methyl sites for hydroxylation is 1. The van der Waals surface area contributed by atoms with E-state index < -0.39 is 0 Å². The van der Waals surface area contributed by atoms with Gasteiger partial charge < -0.3 is 15.5 Å². The Bertz CT molecular complexity index is 266. The molecule has 0 radical (unpaired) electrons. The minimum atomic E-state index is 0.600. The van der Waals surface area contributed by atoms with Gasteiger partial charge in [-0.05, 0) is 38.1 Å². The van der Waals surface area contributed by atoms with Crippen molar-refractivity contribution in [3.05, 3.63) is 23.7 Å². The molecular formula is C12H22N2O. The molecule has 0 aliphatic heterocycles. The van der Waals surface area contributed by atoms with E-state index in [9.17, 15) is 0 Å². The molecule has 0 saturated heterocycles. The predicted molar refractivity (Wildman–Crippen MR) is 62.9 cm³/mol. The summed E-state index contributed by atoms with van der Waals surface area (Å²) in [6.07, 6.45) is 2.10. The molecule has 0 bridgehead atoms. The third-order valence-corrected chi connectivity index (χ3v) is 2.69. The number of nitrogens with one attached hydrogen (secondary N) is 1. The van der Waals surface area contributed by atoms with Crippen molar-refractivity contribution >= 4 is 0 Å². The normalized spacial score (nSPS) is 13.0. The van der Waals surface area contributed by atoms with Gasteiger partial charge in [0.15, 0.2) is 0 Å². The highest BCUT2D eigenvalue weighted by molar-refractivity contribution is 5.05. The Morgan fingerprint density at radius 1 is 1.47 bits per heavy atom. The first-order valence-electron chi connectivity index (χ1n) is 5.72. The van der Waals surface area contributed by atoms with Crippen molar-refractivity contribution in [1.29, 1.82) is 0 Å². The maximum Gasteiger partial charge on any atom is 0.105 e. The molecule has 1 unspecified atom stereocenters. The molecule has 3 nitrogen and oxygen atoms in total. The Balaban J connectivity index is 2.11. The van der Waals surface area contributed by atoms with E-state index in [0.717, 1.165) is 44.0 Å². The first-order valence-corrected chi connectivity index (χ1v) is 5.72. The lowest BCUT2D eigenvalue weighted by atomic mass is 10.1. The standard InChI is InChI=1S/C12H22N2O/c1-3-11(8-13)9-14-7-6-12-5-4-10(2)15-12/h4-5,11,14H,3,6-9,13H2,1-2H3. The molecule has 0 amide bonds. The largest absolute Gasteiger partial charge is 0.466 e. The average molecular weight is 210 g/mol. The fraction of sp³-hybridized carbons (Fsp3) is 0.667. The maximum atomic E-state index is 5.62. The zero-order valence-corrected chi connectivity index (χ0v) is 9.75. The molecular weight excluding hydrogens is 188 g/mol. The fourth-order valence-electron chi connectivity index (χ4n) is 1.53. The Morgan fingerprint density at radius 2 is 2.27 bits per heavy atom. The van der Waals surface area contributed by atoms with Gasteiger partial charge in [0.25, 0.3) is 0 Å². The topological polar surface area (TPSA) is 51.2 Å². The maximum absolute atomic E-state index is 5.62. The second-order valence-electron chi connectivity index (χ2n) is 3.98. The lowest BCUT2D eigenvalue weighted by Gasteiger charge is -2.12. The molecule has 0 fully saturated rings. The van der Waals surface area contributed by atoms with Gasteiger partial charge in [0, 0.05) is 13.0 Å². The van der Waals surface area contributed by atoms with Crippen LogP contribution < -0.4 is 11.1 Å². The zero-order valence-electron chi connectivity index (χ0n) is 9.75. The highest BCUT2D eigenvalue weighted by Gasteiger charge is 2.03. The van der Waals surface area contributed by atoms with Gasteiger partial charge in [0.05, 0.1) is 0 Å². The molecule has 15 heavy (non-hydrogen) atoms. The minimum Gasteiger partial charge on any atom is -0.466 e. The second-order valence-corrected chi connectivity index (χ2v) is 3.98. The van der Waals surface area contributed by atoms with Gasteiger partial charge in [-0.2, -0.15) is 0 Å². The molecule has 0 aliphatic carbocycles. The molecule has 1 aromatic rings. The number of rotatable bonds is 7. The molecule has 0 aliphatic rings. The van der Waals surface area contributed by atoms with Gasteiger partial charge in [-0.15, -0.1) is 0 Å². The predicted octanol–water partition coefficient (Wildman–Crippen LogP) is 1.71. The van der Waals surface area contributed by atoms with Crippen LogP contribution in [-0.4, -0.2) is 19.6 Å². The number of furan rings is 1. The van der Waals surface area contributed by atoms with Gasteiger partial charge in [0.1, 0.15) is 11.5 Å². The number of hydrogen-bond donors (Lipinski definition) is 2. The number of nitrogens with two attached hydrogens (primary N) is 1. The highest BCUT2D eigenvalue weighted by Crippen LogP contribution is 2.06. The van der Waals surface area contributed by atoms with E-state index in [0.29, 0.717) is 5.92 Å². The van der Waals surface area contributed by atoms with Gasteiger partial charge in [-0.3, -0.25) is 0 Å². The molecule has 1 heterocycles. The van der Waals surface area contributed by atoms with Gasteiger partial charge in [0.2, 0.25) is 0 Å². The Morgan fingerprint density at radius 3 is 2.80 bits per heavy atom. The van der Waals surface area contributed by atoms with Crippen LogP contribution in [0, 0.1) is 12.8 Å². The molecule has 1 aromatic heterocycles. The van der Waals surface area contributed by atoms with Crippen LogP contribution in [0.3, 0.4) is 0 Å². The van der Waals surface area contributed by atoms with Crippen LogP contribution in [0.4, 0.5) is 0 Å². The monoisotopic (exact) mass is 210 g/mol. The smallest absolute Gasteiger partial charge is 0.105 e. The Hall–Kier alpha value is -0.800. The third kappa shape index (κ3) is 4.49. The molecule has 0 saturated carbocycles. The van der Waals surface area contributed by atoms with E-state index in [2.05, 4.69) is 12.2 Å². The molecule has 3 heteroatoms. The zero-order chi connectivity index (χ0) is 11.1.